The molecule has 0 aliphatic carbocycles. The fraction of sp³-hybridized carbons (Fsp3) is 0.348. The minimum absolute atomic E-state index is 0.325. The molecule has 0 amide bonds. The van der Waals surface area contributed by atoms with Crippen LogP contribution in [0.5, 0.6) is 5.75 Å². The zero-order valence-corrected chi connectivity index (χ0v) is 16.4. The lowest BCUT2D eigenvalue weighted by molar-refractivity contribution is 0.269. The summed E-state index contributed by atoms with van der Waals surface area (Å²) in [6.07, 6.45) is 0. The second-order valence-electron chi connectivity index (χ2n) is 7.28. The van der Waals surface area contributed by atoms with Crippen LogP contribution in [0.15, 0.2) is 54.6 Å². The van der Waals surface area contributed by atoms with E-state index in [4.69, 9.17) is 9.72 Å². The van der Waals surface area contributed by atoms with E-state index in [1.807, 2.05) is 13.0 Å². The number of benzene rings is 2. The van der Waals surface area contributed by atoms with E-state index in [9.17, 15) is 0 Å². The Morgan fingerprint density at radius 3 is 2.67 bits per heavy atom. The molecule has 4 heteroatoms. The van der Waals surface area contributed by atoms with Crippen molar-refractivity contribution >= 4 is 16.6 Å². The summed E-state index contributed by atoms with van der Waals surface area (Å²) in [5.74, 6) is 0.905. The zero-order chi connectivity index (χ0) is 18.8. The summed E-state index contributed by atoms with van der Waals surface area (Å²) in [6, 6.07) is 19.6. The Balaban J connectivity index is 1.84. The smallest absolute Gasteiger partial charge is 0.120 e. The highest BCUT2D eigenvalue weighted by Crippen LogP contribution is 2.36. The highest BCUT2D eigenvalue weighted by Gasteiger charge is 2.28. The first-order chi connectivity index (χ1) is 13.2. The maximum Gasteiger partial charge on any atom is 0.120 e. The van der Waals surface area contributed by atoms with Crippen molar-refractivity contribution in [3.63, 3.8) is 0 Å². The Labute approximate surface area is 161 Å². The molecular formula is C23H27N3O. The van der Waals surface area contributed by atoms with Crippen molar-refractivity contribution in [2.45, 2.75) is 19.9 Å². The van der Waals surface area contributed by atoms with Gasteiger partial charge in [-0.2, -0.15) is 0 Å². The molecule has 0 radical (unpaired) electrons. The summed E-state index contributed by atoms with van der Waals surface area (Å²) in [4.78, 5) is 9.71. The fourth-order valence-corrected chi connectivity index (χ4v) is 3.98. The maximum atomic E-state index is 5.76. The molecule has 1 saturated heterocycles. The molecule has 2 heterocycles. The number of piperazine rings is 1. The summed E-state index contributed by atoms with van der Waals surface area (Å²) in [7, 11) is 2.20. The van der Waals surface area contributed by atoms with Crippen molar-refractivity contribution in [3.8, 4) is 5.75 Å². The SMILES string of the molecule is CCOc1ccc2nc(C)cc(N3CCN(C)CC3c3ccccc3)c2c1. The Morgan fingerprint density at radius 1 is 1.07 bits per heavy atom. The first kappa shape index (κ1) is 17.8. The molecular weight excluding hydrogens is 334 g/mol. The molecule has 2 aromatic carbocycles. The summed E-state index contributed by atoms with van der Waals surface area (Å²) in [5.41, 5.74) is 4.68. The quantitative estimate of drug-likeness (QED) is 0.687. The van der Waals surface area contributed by atoms with Gasteiger partial charge in [-0.15, -0.1) is 0 Å². The third-order valence-corrected chi connectivity index (χ3v) is 5.27. The van der Waals surface area contributed by atoms with Gasteiger partial charge in [0.15, 0.2) is 0 Å². The highest BCUT2D eigenvalue weighted by atomic mass is 16.5. The van der Waals surface area contributed by atoms with E-state index in [1.54, 1.807) is 0 Å². The van der Waals surface area contributed by atoms with Gasteiger partial charge < -0.3 is 14.5 Å². The van der Waals surface area contributed by atoms with Crippen LogP contribution in [0.4, 0.5) is 5.69 Å². The summed E-state index contributed by atoms with van der Waals surface area (Å²) < 4.78 is 5.76. The number of nitrogens with zero attached hydrogens (tertiary/aromatic N) is 3. The van der Waals surface area contributed by atoms with Gasteiger partial charge in [0.25, 0.3) is 0 Å². The van der Waals surface area contributed by atoms with Gasteiger partial charge in [-0.1, -0.05) is 30.3 Å². The van der Waals surface area contributed by atoms with Crippen molar-refractivity contribution in [3.05, 3.63) is 65.9 Å². The van der Waals surface area contributed by atoms with Gasteiger partial charge in [-0.05, 0) is 50.7 Å². The number of fused-ring (bicyclic) bond motifs is 1. The molecule has 0 bridgehead atoms. The maximum absolute atomic E-state index is 5.76. The van der Waals surface area contributed by atoms with Crippen LogP contribution in [0.2, 0.25) is 0 Å². The number of rotatable bonds is 4. The fourth-order valence-electron chi connectivity index (χ4n) is 3.98. The van der Waals surface area contributed by atoms with E-state index in [2.05, 4.69) is 72.3 Å². The molecule has 0 N–H and O–H groups in total. The van der Waals surface area contributed by atoms with Gasteiger partial charge in [0.2, 0.25) is 0 Å². The molecule has 1 aliphatic rings. The zero-order valence-electron chi connectivity index (χ0n) is 16.4. The molecule has 1 fully saturated rings. The van der Waals surface area contributed by atoms with Crippen molar-refractivity contribution in [1.82, 2.24) is 9.88 Å². The first-order valence-electron chi connectivity index (χ1n) is 9.70. The van der Waals surface area contributed by atoms with E-state index in [-0.39, 0.29) is 0 Å². The van der Waals surface area contributed by atoms with Gasteiger partial charge in [-0.25, -0.2) is 0 Å². The van der Waals surface area contributed by atoms with Gasteiger partial charge in [-0.3, -0.25) is 4.98 Å². The molecule has 3 aromatic rings. The molecule has 4 rings (SSSR count). The molecule has 1 unspecified atom stereocenters. The summed E-state index contributed by atoms with van der Waals surface area (Å²) >= 11 is 0. The Hall–Kier alpha value is -2.59. The predicted octanol–water partition coefficient (Wildman–Crippen LogP) is 4.44. The van der Waals surface area contributed by atoms with Crippen molar-refractivity contribution in [2.24, 2.45) is 0 Å². The minimum atomic E-state index is 0.325. The Bertz CT molecular complexity index is 926. The molecule has 4 nitrogen and oxygen atoms in total. The van der Waals surface area contributed by atoms with Crippen LogP contribution >= 0.6 is 0 Å². The number of ether oxygens (including phenoxy) is 1. The lowest BCUT2D eigenvalue weighted by Gasteiger charge is -2.42. The number of hydrogen-bond acceptors (Lipinski definition) is 4. The lowest BCUT2D eigenvalue weighted by Crippen LogP contribution is -2.47. The van der Waals surface area contributed by atoms with Crippen LogP contribution in [0.1, 0.15) is 24.2 Å². The molecule has 27 heavy (non-hydrogen) atoms. The molecule has 0 saturated carbocycles. The van der Waals surface area contributed by atoms with E-state index in [1.165, 1.54) is 11.3 Å². The van der Waals surface area contributed by atoms with E-state index in [0.717, 1.165) is 42.0 Å². The first-order valence-corrected chi connectivity index (χ1v) is 9.70. The van der Waals surface area contributed by atoms with Crippen molar-refractivity contribution in [2.75, 3.05) is 38.2 Å². The van der Waals surface area contributed by atoms with Crippen LogP contribution in [-0.4, -0.2) is 43.2 Å². The largest absolute Gasteiger partial charge is 0.494 e. The molecule has 1 aliphatic heterocycles. The number of anilines is 1. The van der Waals surface area contributed by atoms with Gasteiger partial charge in [0, 0.05) is 36.4 Å². The molecule has 1 aromatic heterocycles. The Morgan fingerprint density at radius 2 is 1.89 bits per heavy atom. The van der Waals surface area contributed by atoms with Crippen LogP contribution in [-0.2, 0) is 0 Å². The Kier molecular flexibility index (Phi) is 4.99. The standard InChI is InChI=1S/C23H27N3O/c1-4-27-19-10-11-21-20(15-19)22(14-17(2)24-21)26-13-12-25(3)16-23(26)18-8-6-5-7-9-18/h5-11,14-15,23H,4,12-13,16H2,1-3H3. The van der Waals surface area contributed by atoms with Crippen LogP contribution in [0, 0.1) is 6.92 Å². The van der Waals surface area contributed by atoms with Gasteiger partial charge in [0.1, 0.15) is 5.75 Å². The number of pyridine rings is 1. The predicted molar refractivity (Wildman–Crippen MR) is 112 cm³/mol. The number of aromatic nitrogens is 1. The van der Waals surface area contributed by atoms with Crippen LogP contribution in [0.25, 0.3) is 10.9 Å². The van der Waals surface area contributed by atoms with Gasteiger partial charge in [0.05, 0.1) is 18.2 Å². The molecule has 0 spiro atoms. The van der Waals surface area contributed by atoms with Crippen molar-refractivity contribution in [1.29, 1.82) is 0 Å². The van der Waals surface area contributed by atoms with Crippen LogP contribution < -0.4 is 9.64 Å². The lowest BCUT2D eigenvalue weighted by atomic mass is 10.0. The molecule has 140 valence electrons. The second-order valence-corrected chi connectivity index (χ2v) is 7.28. The highest BCUT2D eigenvalue weighted by molar-refractivity contribution is 5.93. The van der Waals surface area contributed by atoms with E-state index < -0.39 is 0 Å². The van der Waals surface area contributed by atoms with E-state index >= 15 is 0 Å². The average molecular weight is 361 g/mol. The third-order valence-electron chi connectivity index (χ3n) is 5.27. The summed E-state index contributed by atoms with van der Waals surface area (Å²) in [5, 5.41) is 1.16. The van der Waals surface area contributed by atoms with Gasteiger partial charge >= 0.3 is 0 Å². The number of hydrogen-bond donors (Lipinski definition) is 0. The molecule has 1 atom stereocenters. The topological polar surface area (TPSA) is 28.6 Å². The van der Waals surface area contributed by atoms with Crippen molar-refractivity contribution < 1.29 is 4.74 Å². The minimum Gasteiger partial charge on any atom is -0.494 e. The second kappa shape index (κ2) is 7.57. The summed E-state index contributed by atoms with van der Waals surface area (Å²) in [6.45, 7) is 7.82. The average Bonchev–Trinajstić information content (AvgIpc) is 2.68. The number of aryl methyl sites for hydroxylation is 1. The normalized spacial score (nSPS) is 18.0. The number of likely N-dealkylation sites (N-methyl/N-ethyl adjacent to an activating group) is 1. The van der Waals surface area contributed by atoms with Crippen LogP contribution in [0.3, 0.4) is 0 Å². The monoisotopic (exact) mass is 361 g/mol. The van der Waals surface area contributed by atoms with E-state index in [0.29, 0.717) is 12.6 Å². The third kappa shape index (κ3) is 3.62.